The predicted molar refractivity (Wildman–Crippen MR) is 55.6 cm³/mol. The van der Waals surface area contributed by atoms with E-state index in [-0.39, 0.29) is 12.4 Å². The summed E-state index contributed by atoms with van der Waals surface area (Å²) in [6.45, 7) is 0.0188. The van der Waals surface area contributed by atoms with Gasteiger partial charge in [0.2, 0.25) is 5.76 Å². The number of furan rings is 1. The third kappa shape index (κ3) is 4.02. The summed E-state index contributed by atoms with van der Waals surface area (Å²) in [4.78, 5) is 22.3. The van der Waals surface area contributed by atoms with Crippen molar-refractivity contribution in [3.8, 4) is 0 Å². The van der Waals surface area contributed by atoms with Crippen LogP contribution in [0.2, 0.25) is 0 Å². The SMILES string of the molecule is COC(=O)/C=C(/OCc1ccco1)C(=O)OC. The Bertz CT molecular complexity index is 404. The zero-order valence-corrected chi connectivity index (χ0v) is 9.47. The molecule has 0 aliphatic carbocycles. The van der Waals surface area contributed by atoms with Crippen molar-refractivity contribution in [2.45, 2.75) is 6.61 Å². The van der Waals surface area contributed by atoms with Gasteiger partial charge in [-0.1, -0.05) is 0 Å². The molecule has 1 rings (SSSR count). The number of hydrogen-bond donors (Lipinski definition) is 0. The van der Waals surface area contributed by atoms with Crippen molar-refractivity contribution in [2.24, 2.45) is 0 Å². The molecule has 1 aromatic rings. The maximum atomic E-state index is 11.3. The van der Waals surface area contributed by atoms with Crippen LogP contribution in [0, 0.1) is 0 Å². The number of rotatable bonds is 5. The fourth-order valence-electron chi connectivity index (χ4n) is 0.970. The lowest BCUT2D eigenvalue weighted by atomic mass is 10.4. The number of hydrogen-bond acceptors (Lipinski definition) is 6. The van der Waals surface area contributed by atoms with Crippen LogP contribution in [0.25, 0.3) is 0 Å². The van der Waals surface area contributed by atoms with Crippen molar-refractivity contribution >= 4 is 11.9 Å². The molecule has 0 aromatic carbocycles. The van der Waals surface area contributed by atoms with E-state index in [2.05, 4.69) is 9.47 Å². The van der Waals surface area contributed by atoms with Crippen molar-refractivity contribution in [1.29, 1.82) is 0 Å². The molecule has 1 heterocycles. The van der Waals surface area contributed by atoms with Crippen LogP contribution < -0.4 is 0 Å². The Hall–Kier alpha value is -2.24. The van der Waals surface area contributed by atoms with E-state index in [9.17, 15) is 9.59 Å². The van der Waals surface area contributed by atoms with Gasteiger partial charge in [-0.2, -0.15) is 0 Å². The summed E-state index contributed by atoms with van der Waals surface area (Å²) in [7, 11) is 2.38. The third-order valence-electron chi connectivity index (χ3n) is 1.79. The lowest BCUT2D eigenvalue weighted by Gasteiger charge is -2.06. The average Bonchev–Trinajstić information content (AvgIpc) is 2.86. The van der Waals surface area contributed by atoms with Crippen molar-refractivity contribution in [1.82, 2.24) is 0 Å². The number of carbonyl (C=O) groups is 2. The Labute approximate surface area is 97.8 Å². The number of ether oxygens (including phenoxy) is 3. The molecule has 0 aliphatic heterocycles. The van der Waals surface area contributed by atoms with E-state index in [0.29, 0.717) is 5.76 Å². The second kappa shape index (κ2) is 6.37. The summed E-state index contributed by atoms with van der Waals surface area (Å²) < 4.78 is 19.0. The van der Waals surface area contributed by atoms with Crippen LogP contribution >= 0.6 is 0 Å². The zero-order chi connectivity index (χ0) is 12.7. The van der Waals surface area contributed by atoms with E-state index in [1.807, 2.05) is 0 Å². The van der Waals surface area contributed by atoms with Crippen LogP contribution in [0.15, 0.2) is 34.6 Å². The molecule has 1 aromatic heterocycles. The molecule has 0 N–H and O–H groups in total. The van der Waals surface area contributed by atoms with E-state index in [0.717, 1.165) is 6.08 Å². The van der Waals surface area contributed by atoms with Crippen molar-refractivity contribution in [3.63, 3.8) is 0 Å². The summed E-state index contributed by atoms with van der Waals surface area (Å²) in [5.41, 5.74) is 0. The fourth-order valence-corrected chi connectivity index (χ4v) is 0.970. The largest absolute Gasteiger partial charge is 0.478 e. The Morgan fingerprint density at radius 1 is 1.35 bits per heavy atom. The lowest BCUT2D eigenvalue weighted by Crippen LogP contribution is -2.11. The van der Waals surface area contributed by atoms with Crippen LogP contribution in [0.4, 0.5) is 0 Å². The van der Waals surface area contributed by atoms with E-state index in [1.165, 1.54) is 20.5 Å². The van der Waals surface area contributed by atoms with Gasteiger partial charge in [-0.15, -0.1) is 0 Å². The summed E-state index contributed by atoms with van der Waals surface area (Å²) in [5.74, 6) is -1.19. The highest BCUT2D eigenvalue weighted by molar-refractivity contribution is 5.94. The van der Waals surface area contributed by atoms with Gasteiger partial charge in [0, 0.05) is 0 Å². The number of esters is 2. The third-order valence-corrected chi connectivity index (χ3v) is 1.79. The fraction of sp³-hybridized carbons (Fsp3) is 0.273. The molecule has 0 radical (unpaired) electrons. The number of methoxy groups -OCH3 is 2. The molecule has 6 heteroatoms. The van der Waals surface area contributed by atoms with Gasteiger partial charge in [-0.05, 0) is 12.1 Å². The molecular formula is C11H12O6. The van der Waals surface area contributed by atoms with Gasteiger partial charge in [-0.25, -0.2) is 9.59 Å². The summed E-state index contributed by atoms with van der Waals surface area (Å²) in [6.07, 6.45) is 2.38. The summed E-state index contributed by atoms with van der Waals surface area (Å²) in [6, 6.07) is 3.35. The minimum absolute atomic E-state index is 0.0188. The predicted octanol–water partition coefficient (Wildman–Crippen LogP) is 1.03. The first-order valence-corrected chi connectivity index (χ1v) is 4.70. The van der Waals surface area contributed by atoms with Crippen LogP contribution in [0.3, 0.4) is 0 Å². The maximum absolute atomic E-state index is 11.3. The standard InChI is InChI=1S/C11H12O6/c1-14-10(12)6-9(11(13)15-2)17-7-8-4-3-5-16-8/h3-6H,7H2,1-2H3/b9-6+. The molecule has 17 heavy (non-hydrogen) atoms. The van der Waals surface area contributed by atoms with E-state index in [1.54, 1.807) is 12.1 Å². The summed E-state index contributed by atoms with van der Waals surface area (Å²) in [5, 5.41) is 0. The average molecular weight is 240 g/mol. The van der Waals surface area contributed by atoms with Gasteiger partial charge < -0.3 is 18.6 Å². The Balaban J connectivity index is 2.67. The Kier molecular flexibility index (Phi) is 4.80. The van der Waals surface area contributed by atoms with Crippen molar-refractivity contribution < 1.29 is 28.2 Å². The molecule has 0 aliphatic rings. The van der Waals surface area contributed by atoms with Crippen molar-refractivity contribution in [3.05, 3.63) is 36.0 Å². The normalized spacial score (nSPS) is 10.8. The smallest absolute Gasteiger partial charge is 0.373 e. The summed E-state index contributed by atoms with van der Waals surface area (Å²) >= 11 is 0. The van der Waals surface area contributed by atoms with Gasteiger partial charge in [0.25, 0.3) is 0 Å². The number of carbonyl (C=O) groups excluding carboxylic acids is 2. The molecule has 92 valence electrons. The first-order chi connectivity index (χ1) is 8.17. The van der Waals surface area contributed by atoms with Gasteiger partial charge in [-0.3, -0.25) is 0 Å². The van der Waals surface area contributed by atoms with E-state index in [4.69, 9.17) is 9.15 Å². The maximum Gasteiger partial charge on any atom is 0.373 e. The minimum Gasteiger partial charge on any atom is -0.478 e. The first-order valence-electron chi connectivity index (χ1n) is 4.70. The molecule has 0 amide bonds. The lowest BCUT2D eigenvalue weighted by molar-refractivity contribution is -0.142. The van der Waals surface area contributed by atoms with Gasteiger partial charge in [0.15, 0.2) is 0 Å². The second-order valence-corrected chi connectivity index (χ2v) is 2.89. The minimum atomic E-state index is -0.762. The Morgan fingerprint density at radius 2 is 2.12 bits per heavy atom. The first kappa shape index (κ1) is 12.8. The highest BCUT2D eigenvalue weighted by atomic mass is 16.6. The highest BCUT2D eigenvalue weighted by Crippen LogP contribution is 2.08. The second-order valence-electron chi connectivity index (χ2n) is 2.89. The van der Waals surface area contributed by atoms with Gasteiger partial charge in [0.1, 0.15) is 12.4 Å². The van der Waals surface area contributed by atoms with Gasteiger partial charge >= 0.3 is 11.9 Å². The molecule has 0 saturated heterocycles. The van der Waals surface area contributed by atoms with Gasteiger partial charge in [0.05, 0.1) is 26.6 Å². The topological polar surface area (TPSA) is 75.0 Å². The zero-order valence-electron chi connectivity index (χ0n) is 9.47. The molecule has 0 spiro atoms. The Morgan fingerprint density at radius 3 is 2.65 bits per heavy atom. The molecule has 0 fully saturated rings. The van der Waals surface area contributed by atoms with Crippen LogP contribution in [0.5, 0.6) is 0 Å². The van der Waals surface area contributed by atoms with Crippen LogP contribution in [-0.2, 0) is 30.4 Å². The molecule has 6 nitrogen and oxygen atoms in total. The monoisotopic (exact) mass is 240 g/mol. The molecule has 0 bridgehead atoms. The molecule has 0 unspecified atom stereocenters. The molecular weight excluding hydrogens is 228 g/mol. The van der Waals surface area contributed by atoms with Crippen molar-refractivity contribution in [2.75, 3.05) is 14.2 Å². The highest BCUT2D eigenvalue weighted by Gasteiger charge is 2.14. The molecule has 0 saturated carbocycles. The molecule has 0 atom stereocenters. The van der Waals surface area contributed by atoms with E-state index >= 15 is 0 Å². The quantitative estimate of drug-likeness (QED) is 0.434. The van der Waals surface area contributed by atoms with Crippen LogP contribution in [0.1, 0.15) is 5.76 Å². The van der Waals surface area contributed by atoms with E-state index < -0.39 is 11.9 Å². The van der Waals surface area contributed by atoms with Crippen LogP contribution in [-0.4, -0.2) is 26.2 Å².